The van der Waals surface area contributed by atoms with Gasteiger partial charge >= 0.3 is 5.97 Å². The van der Waals surface area contributed by atoms with Crippen molar-refractivity contribution in [3.63, 3.8) is 0 Å². The molecule has 0 radical (unpaired) electrons. The number of carbonyl (C=O) groups is 1. The second kappa shape index (κ2) is 6.28. The van der Waals surface area contributed by atoms with E-state index in [1.54, 1.807) is 6.92 Å². The Kier molecular flexibility index (Phi) is 4.99. The number of hydrogen-bond donors (Lipinski definition) is 1. The fourth-order valence-electron chi connectivity index (χ4n) is 1.55. The molecule has 1 rings (SSSR count). The summed E-state index contributed by atoms with van der Waals surface area (Å²) < 4.78 is 4.80. The number of carbonyl (C=O) groups excluding carboxylic acids is 1. The summed E-state index contributed by atoms with van der Waals surface area (Å²) in [5, 5.41) is 9.87. The first kappa shape index (κ1) is 12.7. The molecule has 0 fully saturated rings. The van der Waals surface area contributed by atoms with Crippen LogP contribution in [0.4, 0.5) is 0 Å². The lowest BCUT2D eigenvalue weighted by atomic mass is 9.94. The van der Waals surface area contributed by atoms with Gasteiger partial charge in [-0.15, -0.1) is 0 Å². The number of benzene rings is 1. The molecule has 0 spiro atoms. The highest BCUT2D eigenvalue weighted by molar-refractivity contribution is 5.70. The van der Waals surface area contributed by atoms with E-state index in [9.17, 15) is 9.90 Å². The van der Waals surface area contributed by atoms with Crippen molar-refractivity contribution in [1.29, 1.82) is 0 Å². The zero-order chi connectivity index (χ0) is 12.0. The number of aliphatic hydroxyl groups is 1. The molecule has 1 aromatic carbocycles. The molecule has 88 valence electrons. The van der Waals surface area contributed by atoms with Gasteiger partial charge in [0, 0.05) is 5.92 Å². The van der Waals surface area contributed by atoms with Crippen LogP contribution in [0.1, 0.15) is 31.7 Å². The molecule has 0 heterocycles. The molecule has 0 aliphatic carbocycles. The summed E-state index contributed by atoms with van der Waals surface area (Å²) in [4.78, 5) is 11.2. The topological polar surface area (TPSA) is 46.5 Å². The fourth-order valence-corrected chi connectivity index (χ4v) is 1.55. The van der Waals surface area contributed by atoms with Crippen LogP contribution in [0.15, 0.2) is 30.3 Å². The smallest absolute Gasteiger partial charge is 0.308 e. The molecule has 0 bridgehead atoms. The normalized spacial score (nSPS) is 14.2. The quantitative estimate of drug-likeness (QED) is 0.776. The first-order valence-corrected chi connectivity index (χ1v) is 5.53. The predicted molar refractivity (Wildman–Crippen MR) is 62.1 cm³/mol. The number of aliphatic hydroxyl groups excluding tert-OH is 1. The van der Waals surface area contributed by atoms with Crippen molar-refractivity contribution in [2.75, 3.05) is 6.61 Å². The Labute approximate surface area is 96.1 Å². The molecule has 1 aromatic rings. The van der Waals surface area contributed by atoms with Crippen LogP contribution in [0.2, 0.25) is 0 Å². The van der Waals surface area contributed by atoms with E-state index in [0.717, 1.165) is 5.56 Å². The van der Waals surface area contributed by atoms with Crippen molar-refractivity contribution in [1.82, 2.24) is 0 Å². The number of ether oxygens (including phenoxy) is 1. The zero-order valence-electron chi connectivity index (χ0n) is 9.72. The van der Waals surface area contributed by atoms with Gasteiger partial charge in [-0.2, -0.15) is 0 Å². The van der Waals surface area contributed by atoms with Crippen LogP contribution < -0.4 is 0 Å². The van der Waals surface area contributed by atoms with Gasteiger partial charge in [0.15, 0.2) is 0 Å². The highest BCUT2D eigenvalue weighted by Gasteiger charge is 2.19. The molecule has 0 amide bonds. The van der Waals surface area contributed by atoms with Crippen molar-refractivity contribution in [3.8, 4) is 0 Å². The monoisotopic (exact) mass is 222 g/mol. The first-order chi connectivity index (χ1) is 7.65. The number of hydrogen-bond acceptors (Lipinski definition) is 3. The minimum Gasteiger partial charge on any atom is -0.466 e. The molecule has 0 aliphatic rings. The van der Waals surface area contributed by atoms with Crippen LogP contribution in [0.25, 0.3) is 0 Å². The van der Waals surface area contributed by atoms with Crippen LogP contribution in [-0.4, -0.2) is 23.8 Å². The molecule has 0 aromatic heterocycles. The van der Waals surface area contributed by atoms with E-state index in [1.807, 2.05) is 37.3 Å². The Morgan fingerprint density at radius 1 is 1.38 bits per heavy atom. The first-order valence-electron chi connectivity index (χ1n) is 5.53. The third-order valence-corrected chi connectivity index (χ3v) is 2.58. The SMILES string of the molecule is CCOC(=O)C[C@H](O)[C@H](C)c1ccccc1. The van der Waals surface area contributed by atoms with Crippen LogP contribution in [0.3, 0.4) is 0 Å². The van der Waals surface area contributed by atoms with Crippen molar-refractivity contribution >= 4 is 5.97 Å². The van der Waals surface area contributed by atoms with Gasteiger partial charge in [0.2, 0.25) is 0 Å². The summed E-state index contributed by atoms with van der Waals surface area (Å²) in [5.74, 6) is -0.414. The van der Waals surface area contributed by atoms with Crippen LogP contribution in [0, 0.1) is 0 Å². The van der Waals surface area contributed by atoms with E-state index >= 15 is 0 Å². The van der Waals surface area contributed by atoms with E-state index in [-0.39, 0.29) is 18.3 Å². The average molecular weight is 222 g/mol. The van der Waals surface area contributed by atoms with Crippen molar-refractivity contribution < 1.29 is 14.6 Å². The molecule has 0 saturated heterocycles. The second-order valence-electron chi connectivity index (χ2n) is 3.78. The number of rotatable bonds is 5. The highest BCUT2D eigenvalue weighted by atomic mass is 16.5. The summed E-state index contributed by atoms with van der Waals surface area (Å²) >= 11 is 0. The Balaban J connectivity index is 2.54. The maximum absolute atomic E-state index is 11.2. The van der Waals surface area contributed by atoms with E-state index in [1.165, 1.54) is 0 Å². The highest BCUT2D eigenvalue weighted by Crippen LogP contribution is 2.20. The van der Waals surface area contributed by atoms with Crippen molar-refractivity contribution in [2.45, 2.75) is 32.3 Å². The molecule has 3 nitrogen and oxygen atoms in total. The maximum atomic E-state index is 11.2. The summed E-state index contributed by atoms with van der Waals surface area (Å²) in [6.07, 6.45) is -0.648. The van der Waals surface area contributed by atoms with E-state index in [4.69, 9.17) is 4.74 Å². The molecule has 0 unspecified atom stereocenters. The van der Waals surface area contributed by atoms with Gasteiger partial charge in [0.05, 0.1) is 19.1 Å². The standard InChI is InChI=1S/C13H18O3/c1-3-16-13(15)9-12(14)10(2)11-7-5-4-6-8-11/h4-8,10,12,14H,3,9H2,1-2H3/t10-,12+/m1/s1. The van der Waals surface area contributed by atoms with Crippen molar-refractivity contribution in [3.05, 3.63) is 35.9 Å². The molecular formula is C13H18O3. The Bertz CT molecular complexity index is 321. The van der Waals surface area contributed by atoms with Gasteiger partial charge in [-0.05, 0) is 12.5 Å². The lowest BCUT2D eigenvalue weighted by Gasteiger charge is -2.18. The zero-order valence-corrected chi connectivity index (χ0v) is 9.72. The average Bonchev–Trinajstić information content (AvgIpc) is 2.29. The largest absolute Gasteiger partial charge is 0.466 e. The minimum atomic E-state index is -0.693. The van der Waals surface area contributed by atoms with Crippen molar-refractivity contribution in [2.24, 2.45) is 0 Å². The Hall–Kier alpha value is -1.35. The summed E-state index contributed by atoms with van der Waals surface area (Å²) in [6.45, 7) is 4.01. The molecule has 3 heteroatoms. The van der Waals surface area contributed by atoms with Crippen LogP contribution in [0.5, 0.6) is 0 Å². The van der Waals surface area contributed by atoms with E-state index < -0.39 is 6.10 Å². The molecular weight excluding hydrogens is 204 g/mol. The van der Waals surface area contributed by atoms with Crippen LogP contribution >= 0.6 is 0 Å². The lowest BCUT2D eigenvalue weighted by molar-refractivity contribution is -0.145. The third-order valence-electron chi connectivity index (χ3n) is 2.58. The third kappa shape index (κ3) is 3.66. The van der Waals surface area contributed by atoms with Gasteiger partial charge < -0.3 is 9.84 Å². The maximum Gasteiger partial charge on any atom is 0.308 e. The van der Waals surface area contributed by atoms with Gasteiger partial charge in [0.25, 0.3) is 0 Å². The van der Waals surface area contributed by atoms with Gasteiger partial charge in [-0.1, -0.05) is 37.3 Å². The lowest BCUT2D eigenvalue weighted by Crippen LogP contribution is -2.21. The van der Waals surface area contributed by atoms with Gasteiger partial charge in [-0.3, -0.25) is 4.79 Å². The van der Waals surface area contributed by atoms with E-state index in [2.05, 4.69) is 0 Å². The van der Waals surface area contributed by atoms with Gasteiger partial charge in [0.1, 0.15) is 0 Å². The number of esters is 1. The molecule has 1 N–H and O–H groups in total. The summed E-state index contributed by atoms with van der Waals surface area (Å²) in [7, 11) is 0. The minimum absolute atomic E-state index is 0.0455. The molecule has 16 heavy (non-hydrogen) atoms. The van der Waals surface area contributed by atoms with Gasteiger partial charge in [-0.25, -0.2) is 0 Å². The fraction of sp³-hybridized carbons (Fsp3) is 0.462. The molecule has 2 atom stereocenters. The summed E-state index contributed by atoms with van der Waals surface area (Å²) in [6, 6.07) is 9.65. The van der Waals surface area contributed by atoms with E-state index in [0.29, 0.717) is 6.61 Å². The van der Waals surface area contributed by atoms with Crippen LogP contribution in [-0.2, 0) is 9.53 Å². The predicted octanol–water partition coefficient (Wildman–Crippen LogP) is 2.10. The second-order valence-corrected chi connectivity index (χ2v) is 3.78. The molecule has 0 aliphatic heterocycles. The molecule has 0 saturated carbocycles. The Morgan fingerprint density at radius 2 is 2.00 bits per heavy atom. The Morgan fingerprint density at radius 3 is 2.56 bits per heavy atom. The summed E-state index contributed by atoms with van der Waals surface area (Å²) in [5.41, 5.74) is 1.03.